The summed E-state index contributed by atoms with van der Waals surface area (Å²) in [6, 6.07) is 8.14. The van der Waals surface area contributed by atoms with Crippen molar-refractivity contribution < 1.29 is 4.74 Å². The molecule has 0 saturated heterocycles. The van der Waals surface area contributed by atoms with Crippen LogP contribution in [0.15, 0.2) is 30.3 Å². The second kappa shape index (κ2) is 6.60. The van der Waals surface area contributed by atoms with Crippen molar-refractivity contribution >= 4 is 5.57 Å². The topological polar surface area (TPSA) is 21.3 Å². The summed E-state index contributed by atoms with van der Waals surface area (Å²) in [5.41, 5.74) is 2.63. The van der Waals surface area contributed by atoms with Gasteiger partial charge < -0.3 is 10.1 Å². The van der Waals surface area contributed by atoms with Crippen molar-refractivity contribution in [2.75, 3.05) is 13.7 Å². The molecule has 0 aliphatic heterocycles. The Morgan fingerprint density at radius 1 is 1.28 bits per heavy atom. The second-order valence-corrected chi connectivity index (χ2v) is 5.55. The molecular weight excluding hydrogens is 222 g/mol. The lowest BCUT2D eigenvalue weighted by Gasteiger charge is -2.19. The van der Waals surface area contributed by atoms with E-state index in [4.69, 9.17) is 4.74 Å². The number of methoxy groups -OCH3 is 1. The molecule has 0 spiro atoms. The fourth-order valence-electron chi connectivity index (χ4n) is 1.82. The van der Waals surface area contributed by atoms with Crippen LogP contribution in [0.1, 0.15) is 39.7 Å². The summed E-state index contributed by atoms with van der Waals surface area (Å²) in [4.78, 5) is 0. The van der Waals surface area contributed by atoms with Crippen LogP contribution in [-0.2, 0) is 0 Å². The SMILES string of the molecule is COc1ccccc1C(C)=CCCNC(C)(C)C. The van der Waals surface area contributed by atoms with Crippen LogP contribution in [-0.4, -0.2) is 19.2 Å². The summed E-state index contributed by atoms with van der Waals surface area (Å²) in [5.74, 6) is 0.940. The van der Waals surface area contributed by atoms with E-state index < -0.39 is 0 Å². The van der Waals surface area contributed by atoms with Gasteiger partial charge in [-0.05, 0) is 52.3 Å². The van der Waals surface area contributed by atoms with Gasteiger partial charge in [0.15, 0.2) is 0 Å². The number of allylic oxidation sites excluding steroid dienone is 1. The van der Waals surface area contributed by atoms with Crippen LogP contribution in [0.25, 0.3) is 5.57 Å². The molecule has 1 aromatic rings. The van der Waals surface area contributed by atoms with E-state index in [1.807, 2.05) is 18.2 Å². The molecule has 2 heteroatoms. The van der Waals surface area contributed by atoms with Gasteiger partial charge in [0.25, 0.3) is 0 Å². The number of ether oxygens (including phenoxy) is 1. The van der Waals surface area contributed by atoms with Gasteiger partial charge in [-0.2, -0.15) is 0 Å². The van der Waals surface area contributed by atoms with Gasteiger partial charge >= 0.3 is 0 Å². The Morgan fingerprint density at radius 3 is 2.56 bits per heavy atom. The van der Waals surface area contributed by atoms with E-state index in [1.165, 1.54) is 11.1 Å². The second-order valence-electron chi connectivity index (χ2n) is 5.55. The Balaban J connectivity index is 2.61. The number of nitrogens with one attached hydrogen (secondary N) is 1. The molecule has 0 heterocycles. The van der Waals surface area contributed by atoms with Crippen LogP contribution in [0.5, 0.6) is 5.75 Å². The predicted molar refractivity (Wildman–Crippen MR) is 79.0 cm³/mol. The summed E-state index contributed by atoms with van der Waals surface area (Å²) in [7, 11) is 1.72. The van der Waals surface area contributed by atoms with Crippen LogP contribution in [0.2, 0.25) is 0 Å². The monoisotopic (exact) mass is 247 g/mol. The van der Waals surface area contributed by atoms with Crippen molar-refractivity contribution in [3.8, 4) is 5.75 Å². The van der Waals surface area contributed by atoms with E-state index in [0.29, 0.717) is 0 Å². The number of hydrogen-bond donors (Lipinski definition) is 1. The average molecular weight is 247 g/mol. The van der Waals surface area contributed by atoms with Gasteiger partial charge in [0.1, 0.15) is 5.75 Å². The predicted octanol–water partition coefficient (Wildman–Crippen LogP) is 3.88. The Hall–Kier alpha value is -1.28. The maximum atomic E-state index is 5.37. The molecule has 2 nitrogen and oxygen atoms in total. The molecule has 0 saturated carbocycles. The molecule has 1 N–H and O–H groups in total. The third-order valence-electron chi connectivity index (χ3n) is 2.78. The molecule has 0 aromatic heterocycles. The summed E-state index contributed by atoms with van der Waals surface area (Å²) in [6.07, 6.45) is 3.29. The largest absolute Gasteiger partial charge is 0.496 e. The molecule has 1 aromatic carbocycles. The fraction of sp³-hybridized carbons (Fsp3) is 0.500. The Bertz CT molecular complexity index is 402. The highest BCUT2D eigenvalue weighted by atomic mass is 16.5. The maximum Gasteiger partial charge on any atom is 0.126 e. The van der Waals surface area contributed by atoms with Gasteiger partial charge in [0, 0.05) is 11.1 Å². The fourth-order valence-corrected chi connectivity index (χ4v) is 1.82. The minimum atomic E-state index is 0.187. The van der Waals surface area contributed by atoms with Crippen molar-refractivity contribution in [2.45, 2.75) is 39.7 Å². The van der Waals surface area contributed by atoms with Crippen molar-refractivity contribution in [3.63, 3.8) is 0 Å². The highest BCUT2D eigenvalue weighted by molar-refractivity contribution is 5.68. The summed E-state index contributed by atoms with van der Waals surface area (Å²) in [5, 5.41) is 3.48. The van der Waals surface area contributed by atoms with Crippen LogP contribution >= 0.6 is 0 Å². The first-order chi connectivity index (χ1) is 8.44. The van der Waals surface area contributed by atoms with Crippen LogP contribution in [0.4, 0.5) is 0 Å². The average Bonchev–Trinajstić information content (AvgIpc) is 2.33. The van der Waals surface area contributed by atoms with Gasteiger partial charge in [0.05, 0.1) is 7.11 Å². The van der Waals surface area contributed by atoms with Gasteiger partial charge in [-0.25, -0.2) is 0 Å². The Morgan fingerprint density at radius 2 is 1.94 bits per heavy atom. The molecule has 0 aliphatic carbocycles. The van der Waals surface area contributed by atoms with E-state index >= 15 is 0 Å². The maximum absolute atomic E-state index is 5.37. The third-order valence-corrected chi connectivity index (χ3v) is 2.78. The smallest absolute Gasteiger partial charge is 0.126 e. The normalized spacial score (nSPS) is 12.6. The van der Waals surface area contributed by atoms with Gasteiger partial charge in [-0.15, -0.1) is 0 Å². The zero-order valence-corrected chi connectivity index (χ0v) is 12.2. The molecule has 1 rings (SSSR count). The Kier molecular flexibility index (Phi) is 5.42. The molecule has 0 aliphatic rings. The van der Waals surface area contributed by atoms with Gasteiger partial charge in [-0.3, -0.25) is 0 Å². The highest BCUT2D eigenvalue weighted by Gasteiger charge is 2.07. The molecule has 0 atom stereocenters. The summed E-state index contributed by atoms with van der Waals surface area (Å²) < 4.78 is 5.37. The first kappa shape index (κ1) is 14.8. The standard InChI is InChI=1S/C16H25NO/c1-13(9-8-12-17-16(2,3)4)14-10-6-7-11-15(14)18-5/h6-7,9-11,17H,8,12H2,1-5H3. The van der Waals surface area contributed by atoms with E-state index in [1.54, 1.807) is 7.11 Å². The lowest BCUT2D eigenvalue weighted by Crippen LogP contribution is -2.36. The number of para-hydroxylation sites is 1. The molecular formula is C16H25NO. The summed E-state index contributed by atoms with van der Waals surface area (Å²) in [6.45, 7) is 9.68. The van der Waals surface area contributed by atoms with Crippen molar-refractivity contribution in [1.29, 1.82) is 0 Å². The quantitative estimate of drug-likeness (QED) is 0.797. The Labute approximate surface area is 111 Å². The molecule has 0 radical (unpaired) electrons. The lowest BCUT2D eigenvalue weighted by atomic mass is 10.0. The third kappa shape index (κ3) is 4.92. The molecule has 0 amide bonds. The van der Waals surface area contributed by atoms with Crippen LogP contribution in [0.3, 0.4) is 0 Å². The van der Waals surface area contributed by atoms with Crippen molar-refractivity contribution in [3.05, 3.63) is 35.9 Å². The lowest BCUT2D eigenvalue weighted by molar-refractivity contribution is 0.413. The van der Waals surface area contributed by atoms with Crippen molar-refractivity contribution in [2.24, 2.45) is 0 Å². The molecule has 18 heavy (non-hydrogen) atoms. The van der Waals surface area contributed by atoms with E-state index in [9.17, 15) is 0 Å². The molecule has 0 fully saturated rings. The highest BCUT2D eigenvalue weighted by Crippen LogP contribution is 2.25. The molecule has 100 valence electrons. The minimum Gasteiger partial charge on any atom is -0.496 e. The zero-order valence-electron chi connectivity index (χ0n) is 12.2. The number of benzene rings is 1. The number of rotatable bonds is 5. The summed E-state index contributed by atoms with van der Waals surface area (Å²) >= 11 is 0. The van der Waals surface area contributed by atoms with Crippen molar-refractivity contribution in [1.82, 2.24) is 5.32 Å². The van der Waals surface area contributed by atoms with E-state index in [0.717, 1.165) is 18.7 Å². The first-order valence-corrected chi connectivity index (χ1v) is 6.49. The van der Waals surface area contributed by atoms with Crippen LogP contribution < -0.4 is 10.1 Å². The zero-order chi connectivity index (χ0) is 13.6. The number of hydrogen-bond acceptors (Lipinski definition) is 2. The first-order valence-electron chi connectivity index (χ1n) is 6.49. The van der Waals surface area contributed by atoms with Gasteiger partial charge in [0.2, 0.25) is 0 Å². The van der Waals surface area contributed by atoms with E-state index in [-0.39, 0.29) is 5.54 Å². The van der Waals surface area contributed by atoms with Gasteiger partial charge in [-0.1, -0.05) is 24.3 Å². The molecule has 0 bridgehead atoms. The van der Waals surface area contributed by atoms with Crippen LogP contribution in [0, 0.1) is 0 Å². The molecule has 0 unspecified atom stereocenters. The van der Waals surface area contributed by atoms with E-state index in [2.05, 4.69) is 45.2 Å². The minimum absolute atomic E-state index is 0.187.